The molecule has 198 valence electrons. The largest absolute Gasteiger partial charge is 0.325 e. The molecule has 35 heavy (non-hydrogen) atoms. The van der Waals surface area contributed by atoms with Gasteiger partial charge in [0.2, 0.25) is 8.40 Å². The van der Waals surface area contributed by atoms with E-state index in [0.29, 0.717) is 0 Å². The lowest BCUT2D eigenvalue weighted by molar-refractivity contribution is 0.526. The van der Waals surface area contributed by atoms with Crippen LogP contribution < -0.4 is 15.2 Å². The van der Waals surface area contributed by atoms with E-state index in [4.69, 9.17) is 0 Å². The molecule has 2 aromatic rings. The molecule has 0 saturated heterocycles. The van der Waals surface area contributed by atoms with Gasteiger partial charge in [-0.3, -0.25) is 0 Å². The Balaban J connectivity index is 1.50. The second-order valence-electron chi connectivity index (χ2n) is 10.7. The number of nitrogens with one attached hydrogen (secondary N) is 2. The quantitative estimate of drug-likeness (QED) is 0.125. The molecule has 0 aliphatic carbocycles. The Labute approximate surface area is 219 Å². The summed E-state index contributed by atoms with van der Waals surface area (Å²) in [6.45, 7) is 2.30. The van der Waals surface area contributed by atoms with Crippen LogP contribution >= 0.6 is 0 Å². The molecule has 2 nitrogen and oxygen atoms in total. The smallest absolute Gasteiger partial charge is 0.234 e. The SMILES string of the molecule is CCCCCCCCCCCCCCCCCCCC[Si](NC)(NC)c1cccc2ccccc12. The van der Waals surface area contributed by atoms with Crippen molar-refractivity contribution in [3.8, 4) is 0 Å². The summed E-state index contributed by atoms with van der Waals surface area (Å²) in [5.74, 6) is 0. The number of hydrogen-bond acceptors (Lipinski definition) is 2. The third-order valence-electron chi connectivity index (χ3n) is 8.01. The molecule has 2 N–H and O–H groups in total. The fourth-order valence-corrected chi connectivity index (χ4v) is 9.07. The van der Waals surface area contributed by atoms with Crippen LogP contribution in [0.15, 0.2) is 42.5 Å². The zero-order valence-corrected chi connectivity index (χ0v) is 24.5. The van der Waals surface area contributed by atoms with Crippen LogP contribution in [0, 0.1) is 0 Å². The van der Waals surface area contributed by atoms with Gasteiger partial charge in [-0.2, -0.15) is 0 Å². The van der Waals surface area contributed by atoms with Crippen molar-refractivity contribution in [1.82, 2.24) is 9.96 Å². The molecule has 0 aliphatic heterocycles. The highest BCUT2D eigenvalue weighted by Crippen LogP contribution is 2.19. The molecule has 0 atom stereocenters. The summed E-state index contributed by atoms with van der Waals surface area (Å²) in [5.41, 5.74) is 0. The first kappa shape index (κ1) is 30.1. The highest BCUT2D eigenvalue weighted by molar-refractivity contribution is 6.89. The van der Waals surface area contributed by atoms with Crippen LogP contribution in [0.3, 0.4) is 0 Å². The van der Waals surface area contributed by atoms with Crippen molar-refractivity contribution in [3.05, 3.63) is 42.5 Å². The average Bonchev–Trinajstić information content (AvgIpc) is 2.90. The van der Waals surface area contributed by atoms with E-state index in [9.17, 15) is 0 Å². The van der Waals surface area contributed by atoms with E-state index in [1.54, 1.807) is 0 Å². The molecule has 0 heterocycles. The van der Waals surface area contributed by atoms with E-state index in [2.05, 4.69) is 73.4 Å². The van der Waals surface area contributed by atoms with Crippen LogP contribution in [-0.2, 0) is 0 Å². The number of rotatable bonds is 22. The number of hydrogen-bond donors (Lipinski definition) is 2. The van der Waals surface area contributed by atoms with E-state index in [0.717, 1.165) is 0 Å². The van der Waals surface area contributed by atoms with Crippen molar-refractivity contribution in [3.63, 3.8) is 0 Å². The second-order valence-corrected chi connectivity index (χ2v) is 14.5. The summed E-state index contributed by atoms with van der Waals surface area (Å²) in [4.78, 5) is 7.52. The first-order valence-corrected chi connectivity index (χ1v) is 17.3. The van der Waals surface area contributed by atoms with Crippen molar-refractivity contribution in [2.45, 2.75) is 129 Å². The number of benzene rings is 2. The van der Waals surface area contributed by atoms with Gasteiger partial charge >= 0.3 is 0 Å². The lowest BCUT2D eigenvalue weighted by Gasteiger charge is -2.32. The Bertz CT molecular complexity index is 766. The molecule has 0 amide bonds. The molecule has 2 rings (SSSR count). The summed E-state index contributed by atoms with van der Waals surface area (Å²) in [6.07, 6.45) is 25.8. The normalized spacial score (nSPS) is 12.0. The molecule has 0 bridgehead atoms. The van der Waals surface area contributed by atoms with Gasteiger partial charge in [0.15, 0.2) is 0 Å². The first-order valence-electron chi connectivity index (χ1n) is 15.1. The highest BCUT2D eigenvalue weighted by atomic mass is 28.3. The summed E-state index contributed by atoms with van der Waals surface area (Å²) in [7, 11) is 2.41. The fraction of sp³-hybridized carbons (Fsp3) is 0.688. The predicted molar refractivity (Wildman–Crippen MR) is 161 cm³/mol. The molecule has 0 aliphatic rings. The topological polar surface area (TPSA) is 24.1 Å². The van der Waals surface area contributed by atoms with Crippen molar-refractivity contribution in [1.29, 1.82) is 0 Å². The van der Waals surface area contributed by atoms with Crippen molar-refractivity contribution in [2.75, 3.05) is 14.1 Å². The van der Waals surface area contributed by atoms with Crippen molar-refractivity contribution < 1.29 is 0 Å². The Hall–Kier alpha value is -1.16. The zero-order valence-electron chi connectivity index (χ0n) is 23.5. The maximum Gasteiger partial charge on any atom is 0.234 e. The summed E-state index contributed by atoms with van der Waals surface area (Å²) >= 11 is 0. The molecule has 0 aromatic heterocycles. The van der Waals surface area contributed by atoms with Gasteiger partial charge in [-0.15, -0.1) is 0 Å². The van der Waals surface area contributed by atoms with Gasteiger partial charge in [-0.25, -0.2) is 0 Å². The standard InChI is InChI=1S/C32H56N2Si/c1-4-5-6-7-8-9-10-11-12-13-14-15-16-17-18-19-20-23-29-35(33-2,34-3)32-28-24-26-30-25-21-22-27-31(30)32/h21-22,24-28,33-34H,4-20,23,29H2,1-3H3. The minimum atomic E-state index is -1.89. The Morgan fingerprint density at radius 2 is 0.943 bits per heavy atom. The van der Waals surface area contributed by atoms with Crippen LogP contribution in [0.5, 0.6) is 0 Å². The monoisotopic (exact) mass is 496 g/mol. The van der Waals surface area contributed by atoms with Crippen molar-refractivity contribution >= 4 is 24.4 Å². The second kappa shape index (κ2) is 19.0. The Morgan fingerprint density at radius 1 is 0.514 bits per heavy atom. The maximum atomic E-state index is 3.76. The van der Waals surface area contributed by atoms with Crippen LogP contribution in [0.4, 0.5) is 0 Å². The molecule has 0 radical (unpaired) electrons. The van der Waals surface area contributed by atoms with Gasteiger partial charge in [0, 0.05) is 0 Å². The fourth-order valence-electron chi connectivity index (χ4n) is 5.67. The van der Waals surface area contributed by atoms with E-state index >= 15 is 0 Å². The number of fused-ring (bicyclic) bond motifs is 1. The summed E-state index contributed by atoms with van der Waals surface area (Å²) in [6, 6.07) is 16.9. The predicted octanol–water partition coefficient (Wildman–Crippen LogP) is 8.97. The Morgan fingerprint density at radius 3 is 1.43 bits per heavy atom. The van der Waals surface area contributed by atoms with Crippen LogP contribution in [0.2, 0.25) is 6.04 Å². The third-order valence-corrected chi connectivity index (χ3v) is 12.2. The third kappa shape index (κ3) is 11.2. The van der Waals surface area contributed by atoms with Crippen LogP contribution in [0.1, 0.15) is 122 Å². The zero-order chi connectivity index (χ0) is 25.0. The first-order chi connectivity index (χ1) is 17.3. The summed E-state index contributed by atoms with van der Waals surface area (Å²) in [5, 5.41) is 4.27. The lowest BCUT2D eigenvalue weighted by atomic mass is 10.0. The molecule has 3 heteroatoms. The van der Waals surface area contributed by atoms with Gasteiger partial charge in [-0.05, 0) is 36.1 Å². The molecular formula is C32H56N2Si. The van der Waals surface area contributed by atoms with Gasteiger partial charge in [0.1, 0.15) is 0 Å². The highest BCUT2D eigenvalue weighted by Gasteiger charge is 2.33. The molecule has 0 spiro atoms. The number of unbranched alkanes of at least 4 members (excludes halogenated alkanes) is 17. The van der Waals surface area contributed by atoms with E-state index < -0.39 is 8.40 Å². The van der Waals surface area contributed by atoms with Crippen LogP contribution in [-0.4, -0.2) is 22.5 Å². The molecule has 0 saturated carbocycles. The van der Waals surface area contributed by atoms with Crippen LogP contribution in [0.25, 0.3) is 10.8 Å². The molecule has 0 unspecified atom stereocenters. The van der Waals surface area contributed by atoms with Gasteiger partial charge in [-0.1, -0.05) is 165 Å². The average molecular weight is 497 g/mol. The van der Waals surface area contributed by atoms with E-state index in [1.807, 2.05) is 0 Å². The van der Waals surface area contributed by atoms with Crippen molar-refractivity contribution in [2.24, 2.45) is 0 Å². The lowest BCUT2D eigenvalue weighted by Crippen LogP contribution is -2.68. The van der Waals surface area contributed by atoms with Gasteiger partial charge in [0.05, 0.1) is 0 Å². The van der Waals surface area contributed by atoms with E-state index in [1.165, 1.54) is 138 Å². The van der Waals surface area contributed by atoms with E-state index in [-0.39, 0.29) is 0 Å². The summed E-state index contributed by atoms with van der Waals surface area (Å²) < 4.78 is 0. The minimum absolute atomic E-state index is 1.26. The van der Waals surface area contributed by atoms with Gasteiger partial charge < -0.3 is 9.96 Å². The molecular weight excluding hydrogens is 440 g/mol. The van der Waals surface area contributed by atoms with Gasteiger partial charge in [0.25, 0.3) is 0 Å². The minimum Gasteiger partial charge on any atom is -0.325 e. The molecule has 0 fully saturated rings. The Kier molecular flexibility index (Phi) is 16.3. The maximum absolute atomic E-state index is 3.76. The molecule has 2 aromatic carbocycles.